The molecule has 0 aliphatic rings. The highest BCUT2D eigenvalue weighted by molar-refractivity contribution is 7.94. The molecule has 33 heavy (non-hydrogen) atoms. The summed E-state index contributed by atoms with van der Waals surface area (Å²) < 4.78 is 54.5. The van der Waals surface area contributed by atoms with Crippen LogP contribution in [0.2, 0.25) is 0 Å². The van der Waals surface area contributed by atoms with Crippen molar-refractivity contribution in [2.24, 2.45) is 5.10 Å². The monoisotopic (exact) mass is 489 g/mol. The lowest BCUT2D eigenvalue weighted by Gasteiger charge is -2.09. The van der Waals surface area contributed by atoms with Gasteiger partial charge in [-0.1, -0.05) is 50.2 Å². The van der Waals surface area contributed by atoms with Crippen LogP contribution >= 0.6 is 0 Å². The molecule has 1 aromatic carbocycles. The summed E-state index contributed by atoms with van der Waals surface area (Å²) in [5.74, 6) is -1.33. The Morgan fingerprint density at radius 2 is 1.55 bits per heavy atom. The van der Waals surface area contributed by atoms with Crippen LogP contribution in [-0.4, -0.2) is 44.9 Å². The first kappa shape index (κ1) is 24.7. The van der Waals surface area contributed by atoms with Crippen molar-refractivity contribution in [1.82, 2.24) is 9.83 Å². The van der Waals surface area contributed by atoms with Crippen molar-refractivity contribution >= 4 is 37.3 Å². The Morgan fingerprint density at radius 1 is 0.939 bits per heavy atom. The van der Waals surface area contributed by atoms with Gasteiger partial charge in [0.25, 0.3) is 5.91 Å². The van der Waals surface area contributed by atoms with Crippen LogP contribution in [0.15, 0.2) is 63.6 Å². The number of pyridine rings is 1. The Bertz CT molecular complexity index is 1410. The van der Waals surface area contributed by atoms with E-state index in [1.165, 1.54) is 16.8 Å². The standard InChI is InChI=1S/C23H27N3O5S2/c1-4-14-32(28,29)21-19-17(3)10-9-13-26(19)20(22(21)33(30,31)15-5-2)23(27)25-24-16-18-11-7-6-8-12-18/h6-13,16H,4-5,14-15H2,1-3H3,(H,25,27)/b24-16+. The number of aromatic nitrogens is 1. The first-order valence-electron chi connectivity index (χ1n) is 10.6. The molecule has 0 saturated heterocycles. The van der Waals surface area contributed by atoms with Gasteiger partial charge >= 0.3 is 0 Å². The number of aryl methyl sites for hydroxylation is 1. The molecule has 1 N–H and O–H groups in total. The molecule has 0 saturated carbocycles. The first-order chi connectivity index (χ1) is 15.6. The van der Waals surface area contributed by atoms with E-state index in [1.54, 1.807) is 45.0 Å². The van der Waals surface area contributed by atoms with Crippen LogP contribution < -0.4 is 5.43 Å². The van der Waals surface area contributed by atoms with Gasteiger partial charge in [-0.3, -0.25) is 4.79 Å². The minimum Gasteiger partial charge on any atom is -0.310 e. The topological polar surface area (TPSA) is 114 Å². The van der Waals surface area contributed by atoms with Crippen LogP contribution in [0.5, 0.6) is 0 Å². The number of nitrogens with one attached hydrogen (secondary N) is 1. The molecule has 3 aromatic rings. The summed E-state index contributed by atoms with van der Waals surface area (Å²) in [6.45, 7) is 5.07. The van der Waals surface area contributed by atoms with E-state index in [4.69, 9.17) is 0 Å². The summed E-state index contributed by atoms with van der Waals surface area (Å²) in [6, 6.07) is 12.4. The van der Waals surface area contributed by atoms with E-state index in [1.807, 2.05) is 18.2 Å². The first-order valence-corrected chi connectivity index (χ1v) is 13.9. The molecule has 0 fully saturated rings. The number of amides is 1. The third kappa shape index (κ3) is 5.01. The van der Waals surface area contributed by atoms with Crippen molar-refractivity contribution in [3.05, 3.63) is 65.5 Å². The van der Waals surface area contributed by atoms with Gasteiger partial charge < -0.3 is 4.40 Å². The number of nitrogens with zero attached hydrogens (tertiary/aromatic N) is 2. The van der Waals surface area contributed by atoms with Gasteiger partial charge in [0, 0.05) is 6.20 Å². The fourth-order valence-corrected chi connectivity index (χ4v) is 7.75. The zero-order valence-electron chi connectivity index (χ0n) is 18.8. The number of rotatable bonds is 9. The summed E-state index contributed by atoms with van der Waals surface area (Å²) in [6.07, 6.45) is 3.50. The Kier molecular flexibility index (Phi) is 7.38. The number of carbonyl (C=O) groups excluding carboxylic acids is 1. The van der Waals surface area contributed by atoms with Gasteiger partial charge in [-0.2, -0.15) is 5.10 Å². The lowest BCUT2D eigenvalue weighted by Crippen LogP contribution is -2.23. The normalized spacial score (nSPS) is 12.5. The molecule has 1 amide bonds. The minimum atomic E-state index is -4.09. The average molecular weight is 490 g/mol. The Hall–Kier alpha value is -2.98. The lowest BCUT2D eigenvalue weighted by molar-refractivity contribution is 0.0945. The maximum absolute atomic E-state index is 13.3. The molecule has 2 aromatic heterocycles. The summed E-state index contributed by atoms with van der Waals surface area (Å²) in [4.78, 5) is 12.5. The van der Waals surface area contributed by atoms with Crippen LogP contribution in [0.1, 0.15) is 48.3 Å². The molecule has 0 unspecified atom stereocenters. The summed E-state index contributed by atoms with van der Waals surface area (Å²) >= 11 is 0. The Morgan fingerprint density at radius 3 is 2.15 bits per heavy atom. The quantitative estimate of drug-likeness (QED) is 0.366. The minimum absolute atomic E-state index is 0.192. The molecule has 0 aliphatic heterocycles. The zero-order valence-corrected chi connectivity index (χ0v) is 20.4. The molecule has 0 aliphatic carbocycles. The predicted molar refractivity (Wildman–Crippen MR) is 128 cm³/mol. The fourth-order valence-electron chi connectivity index (χ4n) is 3.70. The third-order valence-electron chi connectivity index (χ3n) is 5.04. The molecule has 2 heterocycles. The number of hydrazone groups is 1. The Labute approximate surface area is 194 Å². The highest BCUT2D eigenvalue weighted by Gasteiger charge is 2.37. The van der Waals surface area contributed by atoms with Gasteiger partial charge in [0.2, 0.25) is 0 Å². The van der Waals surface area contributed by atoms with Crippen LogP contribution in [0.3, 0.4) is 0 Å². The number of benzene rings is 1. The van der Waals surface area contributed by atoms with Crippen molar-refractivity contribution in [2.45, 2.75) is 43.4 Å². The van der Waals surface area contributed by atoms with E-state index < -0.39 is 30.5 Å². The van der Waals surface area contributed by atoms with E-state index in [2.05, 4.69) is 10.5 Å². The van der Waals surface area contributed by atoms with Crippen molar-refractivity contribution in [3.63, 3.8) is 0 Å². The van der Waals surface area contributed by atoms with Gasteiger partial charge in [-0.25, -0.2) is 22.3 Å². The van der Waals surface area contributed by atoms with Gasteiger partial charge in [0.1, 0.15) is 15.5 Å². The average Bonchev–Trinajstić information content (AvgIpc) is 3.13. The predicted octanol–water partition coefficient (Wildman–Crippen LogP) is 3.38. The smallest absolute Gasteiger partial charge is 0.289 e. The summed E-state index contributed by atoms with van der Waals surface area (Å²) in [7, 11) is -8.07. The van der Waals surface area contributed by atoms with Crippen LogP contribution in [0.25, 0.3) is 5.52 Å². The number of fused-ring (bicyclic) bond motifs is 1. The number of hydrogen-bond acceptors (Lipinski definition) is 6. The molecule has 0 bridgehead atoms. The highest BCUT2D eigenvalue weighted by atomic mass is 32.2. The molecule has 0 atom stereocenters. The van der Waals surface area contributed by atoms with Gasteiger partial charge in [0.15, 0.2) is 19.7 Å². The molecular formula is C23H27N3O5S2. The maximum Gasteiger partial charge on any atom is 0.289 e. The lowest BCUT2D eigenvalue weighted by atomic mass is 10.2. The van der Waals surface area contributed by atoms with Crippen molar-refractivity contribution in [2.75, 3.05) is 11.5 Å². The molecule has 8 nitrogen and oxygen atoms in total. The van der Waals surface area contributed by atoms with E-state index in [0.717, 1.165) is 5.56 Å². The second-order valence-electron chi connectivity index (χ2n) is 7.66. The van der Waals surface area contributed by atoms with Crippen molar-refractivity contribution < 1.29 is 21.6 Å². The van der Waals surface area contributed by atoms with Crippen LogP contribution in [0.4, 0.5) is 0 Å². The fraction of sp³-hybridized carbons (Fsp3) is 0.304. The summed E-state index contributed by atoms with van der Waals surface area (Å²) in [5, 5.41) is 3.94. The SMILES string of the molecule is CCCS(=O)(=O)c1c(S(=O)(=O)CCC)c2c(C)cccn2c1C(=O)N/N=C/c1ccccc1. The van der Waals surface area contributed by atoms with Crippen LogP contribution in [-0.2, 0) is 19.7 Å². The number of carbonyl (C=O) groups is 1. The second kappa shape index (κ2) is 9.88. The largest absolute Gasteiger partial charge is 0.310 e. The molecule has 0 spiro atoms. The van der Waals surface area contributed by atoms with Crippen molar-refractivity contribution in [3.8, 4) is 0 Å². The van der Waals surface area contributed by atoms with Crippen molar-refractivity contribution in [1.29, 1.82) is 0 Å². The summed E-state index contributed by atoms with van der Waals surface area (Å²) in [5.41, 5.74) is 3.57. The van der Waals surface area contributed by atoms with E-state index in [0.29, 0.717) is 12.0 Å². The highest BCUT2D eigenvalue weighted by Crippen LogP contribution is 2.35. The van der Waals surface area contributed by atoms with Gasteiger partial charge in [0.05, 0.1) is 23.2 Å². The molecule has 176 valence electrons. The zero-order chi connectivity index (χ0) is 24.2. The molecule has 10 heteroatoms. The van der Waals surface area contributed by atoms with Gasteiger partial charge in [-0.15, -0.1) is 0 Å². The maximum atomic E-state index is 13.3. The Balaban J connectivity index is 2.29. The van der Waals surface area contributed by atoms with E-state index >= 15 is 0 Å². The third-order valence-corrected chi connectivity index (χ3v) is 9.09. The van der Waals surface area contributed by atoms with Crippen LogP contribution in [0, 0.1) is 6.92 Å². The van der Waals surface area contributed by atoms with E-state index in [9.17, 15) is 21.6 Å². The molecular weight excluding hydrogens is 462 g/mol. The number of hydrogen-bond donors (Lipinski definition) is 1. The molecule has 3 rings (SSSR count). The van der Waals surface area contributed by atoms with E-state index in [-0.39, 0.29) is 34.0 Å². The number of sulfone groups is 2. The van der Waals surface area contributed by atoms with Gasteiger partial charge in [-0.05, 0) is 37.0 Å². The second-order valence-corrected chi connectivity index (χ2v) is 11.8. The molecule has 0 radical (unpaired) electrons.